The largest absolute Gasteiger partial charge is 0.463 e. The summed E-state index contributed by atoms with van der Waals surface area (Å²) in [5.41, 5.74) is 2.59. The molecule has 1 aliphatic heterocycles. The van der Waals surface area contributed by atoms with Crippen LogP contribution in [0.5, 0.6) is 6.01 Å². The van der Waals surface area contributed by atoms with E-state index in [0.717, 1.165) is 60.7 Å². The van der Waals surface area contributed by atoms with Gasteiger partial charge in [-0.2, -0.15) is 4.98 Å². The van der Waals surface area contributed by atoms with E-state index in [-0.39, 0.29) is 5.91 Å². The summed E-state index contributed by atoms with van der Waals surface area (Å²) in [6.07, 6.45) is 2.63. The summed E-state index contributed by atoms with van der Waals surface area (Å²) in [7, 11) is 0. The minimum Gasteiger partial charge on any atom is -0.463 e. The highest BCUT2D eigenvalue weighted by atomic mass is 32.1. The maximum atomic E-state index is 11.2. The van der Waals surface area contributed by atoms with Crippen LogP contribution in [-0.4, -0.2) is 65.2 Å². The molecule has 4 rings (SSSR count). The molecule has 1 aliphatic rings. The van der Waals surface area contributed by atoms with Gasteiger partial charge in [-0.1, -0.05) is 17.4 Å². The van der Waals surface area contributed by atoms with E-state index in [2.05, 4.69) is 25.2 Å². The number of benzene rings is 1. The lowest BCUT2D eigenvalue weighted by Gasteiger charge is -2.26. The van der Waals surface area contributed by atoms with Gasteiger partial charge < -0.3 is 14.8 Å². The smallest absolute Gasteiger partial charge is 0.316 e. The molecular weight excluding hydrogens is 390 g/mol. The molecule has 0 radical (unpaired) electrons. The van der Waals surface area contributed by atoms with Crippen LogP contribution in [0.25, 0.3) is 21.5 Å². The van der Waals surface area contributed by atoms with Gasteiger partial charge in [0.2, 0.25) is 5.91 Å². The van der Waals surface area contributed by atoms with Gasteiger partial charge in [0, 0.05) is 38.3 Å². The highest BCUT2D eigenvalue weighted by Crippen LogP contribution is 2.30. The molecule has 0 unspecified atom stereocenters. The van der Waals surface area contributed by atoms with Crippen molar-refractivity contribution in [1.82, 2.24) is 19.9 Å². The Morgan fingerprint density at radius 2 is 2.14 bits per heavy atom. The summed E-state index contributed by atoms with van der Waals surface area (Å²) < 4.78 is 12.1. The molecule has 29 heavy (non-hydrogen) atoms. The van der Waals surface area contributed by atoms with Crippen LogP contribution in [0.3, 0.4) is 0 Å². The number of carbonyl (C=O) groups is 1. The molecule has 3 heterocycles. The number of thiazole rings is 1. The molecule has 8 nitrogen and oxygen atoms in total. The lowest BCUT2D eigenvalue weighted by molar-refractivity contribution is -0.114. The molecule has 0 saturated carbocycles. The lowest BCUT2D eigenvalue weighted by atomic mass is 10.1. The number of morpholine rings is 1. The first-order chi connectivity index (χ1) is 14.2. The average molecular weight is 414 g/mol. The van der Waals surface area contributed by atoms with E-state index in [1.54, 1.807) is 6.20 Å². The third-order valence-corrected chi connectivity index (χ3v) is 5.49. The van der Waals surface area contributed by atoms with Gasteiger partial charge in [-0.25, -0.2) is 9.97 Å². The molecule has 0 aliphatic carbocycles. The Balaban J connectivity index is 1.39. The highest BCUT2D eigenvalue weighted by molar-refractivity contribution is 7.22. The molecule has 0 spiro atoms. The Hall–Kier alpha value is -2.62. The number of ether oxygens (including phenoxy) is 2. The Labute approximate surface area is 172 Å². The maximum absolute atomic E-state index is 11.2. The third-order valence-electron chi connectivity index (χ3n) is 4.55. The van der Waals surface area contributed by atoms with Crippen LogP contribution in [0, 0.1) is 0 Å². The van der Waals surface area contributed by atoms with Gasteiger partial charge in [0.1, 0.15) is 0 Å². The Kier molecular flexibility index (Phi) is 6.28. The predicted molar refractivity (Wildman–Crippen MR) is 112 cm³/mol. The zero-order chi connectivity index (χ0) is 20.1. The van der Waals surface area contributed by atoms with Crippen LogP contribution in [0.15, 0.2) is 30.5 Å². The molecule has 1 fully saturated rings. The summed E-state index contributed by atoms with van der Waals surface area (Å²) >= 11 is 1.44. The van der Waals surface area contributed by atoms with Crippen LogP contribution in [0.4, 0.5) is 5.13 Å². The Bertz CT molecular complexity index is 987. The fourth-order valence-corrected chi connectivity index (χ4v) is 4.09. The summed E-state index contributed by atoms with van der Waals surface area (Å²) in [6, 6.07) is 8.15. The van der Waals surface area contributed by atoms with Crippen LogP contribution < -0.4 is 10.1 Å². The second-order valence-corrected chi connectivity index (χ2v) is 7.79. The monoisotopic (exact) mass is 413 g/mol. The lowest BCUT2D eigenvalue weighted by Crippen LogP contribution is -2.37. The summed E-state index contributed by atoms with van der Waals surface area (Å²) in [6.45, 7) is 6.62. The van der Waals surface area contributed by atoms with Crippen molar-refractivity contribution in [2.75, 3.05) is 44.8 Å². The average Bonchev–Trinajstić information content (AvgIpc) is 3.13. The SMILES string of the molecule is CC(=O)Nc1nc2ccc(-c3ccnc(OCCCN4CCOCC4)n3)cc2s1. The van der Waals surface area contributed by atoms with Crippen LogP contribution in [0.2, 0.25) is 0 Å². The fourth-order valence-electron chi connectivity index (χ4n) is 3.14. The van der Waals surface area contributed by atoms with Gasteiger partial charge in [-0.3, -0.25) is 9.69 Å². The van der Waals surface area contributed by atoms with Crippen molar-refractivity contribution in [3.63, 3.8) is 0 Å². The maximum Gasteiger partial charge on any atom is 0.316 e. The summed E-state index contributed by atoms with van der Waals surface area (Å²) in [4.78, 5) is 26.8. The number of rotatable bonds is 7. The molecule has 9 heteroatoms. The fraction of sp³-hybridized carbons (Fsp3) is 0.400. The molecule has 1 N–H and O–H groups in total. The molecule has 1 amide bonds. The first-order valence-corrected chi connectivity index (χ1v) is 10.4. The molecule has 2 aromatic heterocycles. The van der Waals surface area contributed by atoms with Crippen molar-refractivity contribution in [3.8, 4) is 17.3 Å². The first-order valence-electron chi connectivity index (χ1n) is 9.62. The molecule has 3 aromatic rings. The van der Waals surface area contributed by atoms with Crippen molar-refractivity contribution < 1.29 is 14.3 Å². The predicted octanol–water partition coefficient (Wildman–Crippen LogP) is 2.81. The number of fused-ring (bicyclic) bond motifs is 1. The quantitative estimate of drug-likeness (QED) is 0.596. The van der Waals surface area contributed by atoms with Crippen LogP contribution in [-0.2, 0) is 9.53 Å². The molecule has 0 bridgehead atoms. The second kappa shape index (κ2) is 9.25. The van der Waals surface area contributed by atoms with Gasteiger partial charge >= 0.3 is 6.01 Å². The van der Waals surface area contributed by atoms with E-state index in [4.69, 9.17) is 9.47 Å². The van der Waals surface area contributed by atoms with Gasteiger partial charge in [0.25, 0.3) is 0 Å². The highest BCUT2D eigenvalue weighted by Gasteiger charge is 2.11. The van der Waals surface area contributed by atoms with Crippen LogP contribution in [0.1, 0.15) is 13.3 Å². The molecule has 0 atom stereocenters. The number of hydrogen-bond donors (Lipinski definition) is 1. The van der Waals surface area contributed by atoms with Crippen molar-refractivity contribution in [3.05, 3.63) is 30.5 Å². The second-order valence-electron chi connectivity index (χ2n) is 6.76. The van der Waals surface area contributed by atoms with E-state index in [0.29, 0.717) is 17.7 Å². The van der Waals surface area contributed by atoms with Gasteiger partial charge in [0.15, 0.2) is 5.13 Å². The molecular formula is C20H23N5O3S. The van der Waals surface area contributed by atoms with E-state index in [1.807, 2.05) is 24.3 Å². The standard InChI is InChI=1S/C20H23N5O3S/c1-14(26)22-20-24-17-4-3-15(13-18(17)29-20)16-5-6-21-19(23-16)28-10-2-7-25-8-11-27-12-9-25/h3-6,13H,2,7-12H2,1H3,(H,22,24,26). The van der Waals surface area contributed by atoms with Crippen molar-refractivity contribution >= 4 is 32.6 Å². The number of nitrogens with zero attached hydrogens (tertiary/aromatic N) is 4. The van der Waals surface area contributed by atoms with Gasteiger partial charge in [0.05, 0.1) is 35.7 Å². The normalized spacial score (nSPS) is 14.8. The molecule has 1 aromatic carbocycles. The Morgan fingerprint density at radius 3 is 2.97 bits per heavy atom. The molecule has 152 valence electrons. The number of amides is 1. The zero-order valence-electron chi connectivity index (χ0n) is 16.3. The van der Waals surface area contributed by atoms with Crippen molar-refractivity contribution in [2.45, 2.75) is 13.3 Å². The minimum absolute atomic E-state index is 0.129. The van der Waals surface area contributed by atoms with E-state index in [9.17, 15) is 4.79 Å². The first kappa shape index (κ1) is 19.7. The number of aromatic nitrogens is 3. The number of carbonyl (C=O) groups excluding carboxylic acids is 1. The Morgan fingerprint density at radius 1 is 1.28 bits per heavy atom. The number of nitrogens with one attached hydrogen (secondary N) is 1. The van der Waals surface area contributed by atoms with Crippen molar-refractivity contribution in [2.24, 2.45) is 0 Å². The third kappa shape index (κ3) is 5.26. The molecule has 1 saturated heterocycles. The number of anilines is 1. The van der Waals surface area contributed by atoms with Crippen LogP contribution >= 0.6 is 11.3 Å². The van der Waals surface area contributed by atoms with Gasteiger partial charge in [-0.05, 0) is 24.6 Å². The summed E-state index contributed by atoms with van der Waals surface area (Å²) in [5.74, 6) is -0.129. The van der Waals surface area contributed by atoms with Gasteiger partial charge in [-0.15, -0.1) is 0 Å². The van der Waals surface area contributed by atoms with E-state index in [1.165, 1.54) is 18.3 Å². The summed E-state index contributed by atoms with van der Waals surface area (Å²) in [5, 5.41) is 3.32. The van der Waals surface area contributed by atoms with Crippen molar-refractivity contribution in [1.29, 1.82) is 0 Å². The van der Waals surface area contributed by atoms with E-state index >= 15 is 0 Å². The number of hydrogen-bond acceptors (Lipinski definition) is 8. The van der Waals surface area contributed by atoms with E-state index < -0.39 is 0 Å². The minimum atomic E-state index is -0.129. The topological polar surface area (TPSA) is 89.5 Å². The zero-order valence-corrected chi connectivity index (χ0v) is 17.1.